The quantitative estimate of drug-likeness (QED) is 0.800. The molecular weight excluding hydrogens is 292 g/mol. The molecule has 0 bridgehead atoms. The Morgan fingerprint density at radius 2 is 2.26 bits per heavy atom. The lowest BCUT2D eigenvalue weighted by atomic mass is 9.54. The van der Waals surface area contributed by atoms with Crippen LogP contribution in [0.3, 0.4) is 0 Å². The highest BCUT2D eigenvalue weighted by Gasteiger charge is 2.62. The van der Waals surface area contributed by atoms with Crippen LogP contribution in [0.15, 0.2) is 12.4 Å². The molecule has 1 aromatic rings. The Hall–Kier alpha value is -1.40. The molecule has 1 heterocycles. The van der Waals surface area contributed by atoms with Gasteiger partial charge in [-0.1, -0.05) is 27.7 Å². The van der Waals surface area contributed by atoms with Gasteiger partial charge < -0.3 is 20.4 Å². The number of nitrogens with one attached hydrogen (secondary N) is 1. The van der Waals surface area contributed by atoms with Crippen molar-refractivity contribution in [1.82, 2.24) is 14.9 Å². The maximum absolute atomic E-state index is 12.6. The summed E-state index contributed by atoms with van der Waals surface area (Å²) < 4.78 is 7.75. The molecule has 1 amide bonds. The SMILES string of the molecule is CCOC1CC(N)(C(=O)NCc2nccn2CC(C)C)C1(C)C. The molecule has 0 spiro atoms. The molecule has 1 fully saturated rings. The van der Waals surface area contributed by atoms with Crippen molar-refractivity contribution in [3.05, 3.63) is 18.2 Å². The molecule has 0 radical (unpaired) electrons. The van der Waals surface area contributed by atoms with Crippen LogP contribution in [0.25, 0.3) is 0 Å². The molecule has 130 valence electrons. The van der Waals surface area contributed by atoms with Gasteiger partial charge >= 0.3 is 0 Å². The van der Waals surface area contributed by atoms with Crippen molar-refractivity contribution in [3.63, 3.8) is 0 Å². The first-order valence-corrected chi connectivity index (χ1v) is 8.41. The lowest BCUT2D eigenvalue weighted by molar-refractivity contribution is -0.170. The molecule has 6 heteroatoms. The summed E-state index contributed by atoms with van der Waals surface area (Å²) in [5.74, 6) is 1.25. The molecule has 2 unspecified atom stereocenters. The van der Waals surface area contributed by atoms with Gasteiger partial charge in [0, 0.05) is 37.4 Å². The standard InChI is InChI=1S/C17H30N4O2/c1-6-23-13-9-17(18,16(13,4)5)15(22)20-10-14-19-7-8-21(14)11-12(2)3/h7-8,12-13H,6,9-11,18H2,1-5H3,(H,20,22). The number of hydrogen-bond donors (Lipinski definition) is 2. The van der Waals surface area contributed by atoms with E-state index in [9.17, 15) is 4.79 Å². The van der Waals surface area contributed by atoms with Crippen molar-refractivity contribution in [2.45, 2.75) is 65.8 Å². The summed E-state index contributed by atoms with van der Waals surface area (Å²) in [5, 5.41) is 2.96. The van der Waals surface area contributed by atoms with Crippen LogP contribution in [0.5, 0.6) is 0 Å². The molecule has 2 rings (SSSR count). The Labute approximate surface area is 138 Å². The number of amides is 1. The lowest BCUT2D eigenvalue weighted by Gasteiger charge is -2.57. The van der Waals surface area contributed by atoms with Crippen LogP contribution in [0.2, 0.25) is 0 Å². The van der Waals surface area contributed by atoms with E-state index >= 15 is 0 Å². The van der Waals surface area contributed by atoms with E-state index in [1.165, 1.54) is 0 Å². The van der Waals surface area contributed by atoms with Gasteiger partial charge in [-0.05, 0) is 12.8 Å². The maximum Gasteiger partial charge on any atom is 0.241 e. The van der Waals surface area contributed by atoms with E-state index in [0.717, 1.165) is 12.4 Å². The summed E-state index contributed by atoms with van der Waals surface area (Å²) in [4.78, 5) is 16.9. The minimum Gasteiger partial charge on any atom is -0.378 e. The molecule has 1 saturated carbocycles. The summed E-state index contributed by atoms with van der Waals surface area (Å²) in [6, 6.07) is 0. The van der Waals surface area contributed by atoms with Crippen molar-refractivity contribution >= 4 is 5.91 Å². The molecule has 0 saturated heterocycles. The first-order valence-electron chi connectivity index (χ1n) is 8.41. The van der Waals surface area contributed by atoms with Crippen LogP contribution in [0, 0.1) is 11.3 Å². The molecule has 6 nitrogen and oxygen atoms in total. The average molecular weight is 322 g/mol. The monoisotopic (exact) mass is 322 g/mol. The van der Waals surface area contributed by atoms with Crippen molar-refractivity contribution in [1.29, 1.82) is 0 Å². The minimum atomic E-state index is -0.887. The van der Waals surface area contributed by atoms with Crippen LogP contribution in [0.4, 0.5) is 0 Å². The van der Waals surface area contributed by atoms with Crippen molar-refractivity contribution in [2.24, 2.45) is 17.1 Å². The number of aromatic nitrogens is 2. The van der Waals surface area contributed by atoms with Gasteiger partial charge in [-0.15, -0.1) is 0 Å². The largest absolute Gasteiger partial charge is 0.378 e. The highest BCUT2D eigenvalue weighted by atomic mass is 16.5. The second-order valence-corrected chi connectivity index (χ2v) is 7.41. The molecular formula is C17H30N4O2. The predicted molar refractivity (Wildman–Crippen MR) is 89.6 cm³/mol. The van der Waals surface area contributed by atoms with Crippen LogP contribution < -0.4 is 11.1 Å². The normalized spacial score (nSPS) is 26.1. The van der Waals surface area contributed by atoms with Gasteiger partial charge in [0.15, 0.2) is 0 Å². The Morgan fingerprint density at radius 3 is 2.83 bits per heavy atom. The first-order chi connectivity index (χ1) is 10.7. The van der Waals surface area contributed by atoms with Crippen LogP contribution >= 0.6 is 0 Å². The number of carbonyl (C=O) groups excluding carboxylic acids is 1. The van der Waals surface area contributed by atoms with Crippen molar-refractivity contribution < 1.29 is 9.53 Å². The second kappa shape index (κ2) is 6.61. The fourth-order valence-electron chi connectivity index (χ4n) is 3.20. The zero-order valence-corrected chi connectivity index (χ0v) is 14.9. The van der Waals surface area contributed by atoms with Gasteiger partial charge in [-0.3, -0.25) is 4.79 Å². The minimum absolute atomic E-state index is 0.0335. The number of carbonyl (C=O) groups is 1. The molecule has 1 aromatic heterocycles. The van der Waals surface area contributed by atoms with Crippen molar-refractivity contribution in [2.75, 3.05) is 6.61 Å². The molecule has 23 heavy (non-hydrogen) atoms. The summed E-state index contributed by atoms with van der Waals surface area (Å²) >= 11 is 0. The van der Waals surface area contributed by atoms with E-state index in [2.05, 4.69) is 28.7 Å². The van der Waals surface area contributed by atoms with Gasteiger partial charge in [-0.25, -0.2) is 4.98 Å². The summed E-state index contributed by atoms with van der Waals surface area (Å²) in [6.07, 6.45) is 4.30. The molecule has 0 aliphatic heterocycles. The van der Waals surface area contributed by atoms with E-state index in [1.54, 1.807) is 6.20 Å². The topological polar surface area (TPSA) is 82.2 Å². The van der Waals surface area contributed by atoms with Gasteiger partial charge in [-0.2, -0.15) is 0 Å². The number of nitrogens with zero attached hydrogens (tertiary/aromatic N) is 2. The average Bonchev–Trinajstić information content (AvgIpc) is 2.90. The van der Waals surface area contributed by atoms with Gasteiger partial charge in [0.2, 0.25) is 5.91 Å². The van der Waals surface area contributed by atoms with E-state index in [4.69, 9.17) is 10.5 Å². The Morgan fingerprint density at radius 1 is 1.57 bits per heavy atom. The van der Waals surface area contributed by atoms with Crippen molar-refractivity contribution in [3.8, 4) is 0 Å². The third-order valence-corrected chi connectivity index (χ3v) is 5.01. The second-order valence-electron chi connectivity index (χ2n) is 7.41. The first kappa shape index (κ1) is 17.9. The van der Waals surface area contributed by atoms with E-state index in [1.807, 2.05) is 27.0 Å². The Balaban J connectivity index is 1.97. The van der Waals surface area contributed by atoms with E-state index < -0.39 is 5.54 Å². The molecule has 1 aliphatic rings. The Kier molecular flexibility index (Phi) is 5.16. The van der Waals surface area contributed by atoms with E-state index in [-0.39, 0.29) is 17.4 Å². The molecule has 3 N–H and O–H groups in total. The van der Waals surface area contributed by atoms with Gasteiger partial charge in [0.25, 0.3) is 0 Å². The van der Waals surface area contributed by atoms with Gasteiger partial charge in [0.1, 0.15) is 11.4 Å². The maximum atomic E-state index is 12.6. The zero-order chi connectivity index (χ0) is 17.3. The fourth-order valence-corrected chi connectivity index (χ4v) is 3.20. The Bertz CT molecular complexity index is 553. The number of imidazole rings is 1. The number of ether oxygens (including phenoxy) is 1. The highest BCUT2D eigenvalue weighted by molar-refractivity contribution is 5.88. The van der Waals surface area contributed by atoms with Crippen LogP contribution in [-0.4, -0.2) is 33.7 Å². The number of rotatable bonds is 7. The van der Waals surface area contributed by atoms with Crippen LogP contribution in [-0.2, 0) is 22.6 Å². The number of hydrogen-bond acceptors (Lipinski definition) is 4. The molecule has 2 atom stereocenters. The smallest absolute Gasteiger partial charge is 0.241 e. The summed E-state index contributed by atoms with van der Waals surface area (Å²) in [7, 11) is 0. The lowest BCUT2D eigenvalue weighted by Crippen LogP contribution is -2.75. The molecule has 1 aliphatic carbocycles. The summed E-state index contributed by atoms with van der Waals surface area (Å²) in [5.41, 5.74) is 5.12. The van der Waals surface area contributed by atoms with Crippen LogP contribution in [0.1, 0.15) is 46.9 Å². The third kappa shape index (κ3) is 3.28. The molecule has 0 aromatic carbocycles. The third-order valence-electron chi connectivity index (χ3n) is 5.01. The van der Waals surface area contributed by atoms with Gasteiger partial charge in [0.05, 0.1) is 12.6 Å². The fraction of sp³-hybridized carbons (Fsp3) is 0.765. The summed E-state index contributed by atoms with van der Waals surface area (Å²) in [6.45, 7) is 12.2. The zero-order valence-electron chi connectivity index (χ0n) is 14.9. The predicted octanol–water partition coefficient (Wildman–Crippen LogP) is 1.69. The van der Waals surface area contributed by atoms with E-state index in [0.29, 0.717) is 25.5 Å². The highest BCUT2D eigenvalue weighted by Crippen LogP contribution is 2.49. The number of nitrogens with two attached hydrogens (primary N) is 1.